The molecule has 9 heteroatoms. The van der Waals surface area contributed by atoms with Crippen LogP contribution in [0.3, 0.4) is 0 Å². The van der Waals surface area contributed by atoms with Crippen molar-refractivity contribution in [3.8, 4) is 0 Å². The van der Waals surface area contributed by atoms with Crippen LogP contribution in [-0.4, -0.2) is 61.8 Å². The lowest BCUT2D eigenvalue weighted by molar-refractivity contribution is -0.124. The van der Waals surface area contributed by atoms with Gasteiger partial charge >= 0.3 is 0 Å². The summed E-state index contributed by atoms with van der Waals surface area (Å²) in [6, 6.07) is 0. The van der Waals surface area contributed by atoms with Crippen molar-refractivity contribution in [2.24, 2.45) is 11.5 Å². The van der Waals surface area contributed by atoms with E-state index in [1.807, 2.05) is 7.05 Å². The standard InChI is InChI=1S/C15H29N5O4/c1-20(8-4-2-6-14(23)18-10-12(16)21)9-5-3-7-15(24)19-11-13(17)22/h2-11H2,1H3,(H2,16,21)(H2,17,22)(H,18,23)(H,19,24). The van der Waals surface area contributed by atoms with Gasteiger partial charge in [-0.25, -0.2) is 0 Å². The molecule has 0 rings (SSSR count). The fourth-order valence-corrected chi connectivity index (χ4v) is 1.99. The van der Waals surface area contributed by atoms with Crippen molar-refractivity contribution in [3.05, 3.63) is 0 Å². The van der Waals surface area contributed by atoms with E-state index in [4.69, 9.17) is 11.5 Å². The average Bonchev–Trinajstić information content (AvgIpc) is 2.51. The summed E-state index contributed by atoms with van der Waals surface area (Å²) >= 11 is 0. The molecule has 6 N–H and O–H groups in total. The largest absolute Gasteiger partial charge is 0.368 e. The first-order valence-electron chi connectivity index (χ1n) is 8.09. The molecular weight excluding hydrogens is 314 g/mol. The topological polar surface area (TPSA) is 148 Å². The van der Waals surface area contributed by atoms with Crippen molar-refractivity contribution in [1.29, 1.82) is 0 Å². The van der Waals surface area contributed by atoms with E-state index in [1.165, 1.54) is 0 Å². The van der Waals surface area contributed by atoms with Crippen LogP contribution in [0, 0.1) is 0 Å². The number of rotatable bonds is 14. The number of nitrogens with one attached hydrogen (secondary N) is 2. The van der Waals surface area contributed by atoms with Gasteiger partial charge < -0.3 is 27.0 Å². The highest BCUT2D eigenvalue weighted by atomic mass is 16.2. The van der Waals surface area contributed by atoms with Crippen molar-refractivity contribution < 1.29 is 19.2 Å². The molecule has 4 amide bonds. The second-order valence-electron chi connectivity index (χ2n) is 5.70. The SMILES string of the molecule is CN(CCCCC(=O)NCC(N)=O)CCCCC(=O)NCC(N)=O. The maximum atomic E-state index is 11.4. The van der Waals surface area contributed by atoms with Gasteiger partial charge in [-0.3, -0.25) is 19.2 Å². The quantitative estimate of drug-likeness (QED) is 0.282. The Kier molecular flexibility index (Phi) is 12.1. The maximum absolute atomic E-state index is 11.4. The molecule has 0 aliphatic heterocycles. The third-order valence-electron chi connectivity index (χ3n) is 3.31. The van der Waals surface area contributed by atoms with Crippen molar-refractivity contribution in [3.63, 3.8) is 0 Å². The van der Waals surface area contributed by atoms with E-state index < -0.39 is 11.8 Å². The molecule has 24 heavy (non-hydrogen) atoms. The second-order valence-corrected chi connectivity index (χ2v) is 5.70. The zero-order chi connectivity index (χ0) is 18.4. The Morgan fingerprint density at radius 1 is 0.750 bits per heavy atom. The number of carbonyl (C=O) groups is 4. The molecule has 0 radical (unpaired) electrons. The maximum Gasteiger partial charge on any atom is 0.236 e. The minimum absolute atomic E-state index is 0.119. The molecule has 0 aromatic heterocycles. The number of amides is 4. The molecule has 0 aromatic rings. The molecular formula is C15H29N5O4. The highest BCUT2D eigenvalue weighted by Crippen LogP contribution is 2.01. The predicted octanol–water partition coefficient (Wildman–Crippen LogP) is -1.54. The number of primary amides is 2. The Labute approximate surface area is 142 Å². The van der Waals surface area contributed by atoms with Gasteiger partial charge in [0.1, 0.15) is 0 Å². The fraction of sp³-hybridized carbons (Fsp3) is 0.733. The molecule has 0 saturated carbocycles. The Balaban J connectivity index is 3.51. The zero-order valence-corrected chi connectivity index (χ0v) is 14.3. The summed E-state index contributed by atoms with van der Waals surface area (Å²) in [5, 5.41) is 4.89. The zero-order valence-electron chi connectivity index (χ0n) is 14.3. The summed E-state index contributed by atoms with van der Waals surface area (Å²) in [6.45, 7) is 1.48. The predicted molar refractivity (Wildman–Crippen MR) is 89.6 cm³/mol. The van der Waals surface area contributed by atoms with Gasteiger partial charge in [-0.05, 0) is 45.8 Å². The van der Waals surface area contributed by atoms with E-state index in [1.54, 1.807) is 0 Å². The van der Waals surface area contributed by atoms with E-state index >= 15 is 0 Å². The van der Waals surface area contributed by atoms with Crippen molar-refractivity contribution in [2.45, 2.75) is 38.5 Å². The number of nitrogens with two attached hydrogens (primary N) is 2. The van der Waals surface area contributed by atoms with Crippen LogP contribution in [0.5, 0.6) is 0 Å². The fourth-order valence-electron chi connectivity index (χ4n) is 1.99. The number of hydrogen-bond acceptors (Lipinski definition) is 5. The molecule has 0 spiro atoms. The Morgan fingerprint density at radius 3 is 1.46 bits per heavy atom. The van der Waals surface area contributed by atoms with Crippen LogP contribution in [0.25, 0.3) is 0 Å². The lowest BCUT2D eigenvalue weighted by atomic mass is 10.2. The summed E-state index contributed by atoms with van der Waals surface area (Å²) in [4.78, 5) is 45.9. The minimum Gasteiger partial charge on any atom is -0.368 e. The molecule has 0 unspecified atom stereocenters. The summed E-state index contributed by atoms with van der Waals surface area (Å²) in [6.07, 6.45) is 3.98. The lowest BCUT2D eigenvalue weighted by Crippen LogP contribution is -2.33. The third kappa shape index (κ3) is 14.8. The normalized spacial score (nSPS) is 10.4. The monoisotopic (exact) mass is 343 g/mol. The summed E-state index contributed by atoms with van der Waals surface area (Å²) in [5.74, 6) is -1.44. The number of carbonyl (C=O) groups excluding carboxylic acids is 4. The second kappa shape index (κ2) is 13.3. The van der Waals surface area contributed by atoms with Gasteiger partial charge in [0.05, 0.1) is 13.1 Å². The van der Waals surface area contributed by atoms with Crippen molar-refractivity contribution in [1.82, 2.24) is 15.5 Å². The van der Waals surface area contributed by atoms with Crippen LogP contribution >= 0.6 is 0 Å². The van der Waals surface area contributed by atoms with E-state index in [-0.39, 0.29) is 24.9 Å². The number of unbranched alkanes of at least 4 members (excludes halogenated alkanes) is 2. The Bertz CT molecular complexity index is 390. The molecule has 138 valence electrons. The van der Waals surface area contributed by atoms with Crippen LogP contribution in [-0.2, 0) is 19.2 Å². The Morgan fingerprint density at radius 2 is 1.12 bits per heavy atom. The highest BCUT2D eigenvalue weighted by Gasteiger charge is 2.05. The average molecular weight is 343 g/mol. The summed E-state index contributed by atoms with van der Waals surface area (Å²) in [5.41, 5.74) is 9.87. The molecule has 0 atom stereocenters. The third-order valence-corrected chi connectivity index (χ3v) is 3.31. The smallest absolute Gasteiger partial charge is 0.236 e. The van der Waals surface area contributed by atoms with Gasteiger partial charge in [-0.1, -0.05) is 0 Å². The van der Waals surface area contributed by atoms with E-state index in [0.717, 1.165) is 38.8 Å². The molecule has 0 aromatic carbocycles. The molecule has 0 heterocycles. The van der Waals surface area contributed by atoms with Gasteiger partial charge in [-0.15, -0.1) is 0 Å². The molecule has 9 nitrogen and oxygen atoms in total. The first kappa shape index (κ1) is 21.8. The molecule has 0 saturated heterocycles. The van der Waals surface area contributed by atoms with Crippen LogP contribution in [0.1, 0.15) is 38.5 Å². The van der Waals surface area contributed by atoms with Crippen molar-refractivity contribution >= 4 is 23.6 Å². The Hall–Kier alpha value is -2.16. The molecule has 0 aliphatic rings. The van der Waals surface area contributed by atoms with Gasteiger partial charge in [-0.2, -0.15) is 0 Å². The van der Waals surface area contributed by atoms with Gasteiger partial charge in [0, 0.05) is 12.8 Å². The van der Waals surface area contributed by atoms with Crippen molar-refractivity contribution in [2.75, 3.05) is 33.2 Å². The molecule has 0 bridgehead atoms. The molecule has 0 fully saturated rings. The first-order valence-corrected chi connectivity index (χ1v) is 8.09. The highest BCUT2D eigenvalue weighted by molar-refractivity contribution is 5.84. The van der Waals surface area contributed by atoms with Crippen LogP contribution < -0.4 is 22.1 Å². The minimum atomic E-state index is -0.550. The van der Waals surface area contributed by atoms with Crippen LogP contribution in [0.4, 0.5) is 0 Å². The summed E-state index contributed by atoms with van der Waals surface area (Å²) in [7, 11) is 1.99. The number of hydrogen-bond donors (Lipinski definition) is 4. The van der Waals surface area contributed by atoms with E-state index in [2.05, 4.69) is 15.5 Å². The molecule has 0 aliphatic carbocycles. The van der Waals surface area contributed by atoms with E-state index in [0.29, 0.717) is 12.8 Å². The van der Waals surface area contributed by atoms with Gasteiger partial charge in [0.25, 0.3) is 0 Å². The van der Waals surface area contributed by atoms with Crippen LogP contribution in [0.15, 0.2) is 0 Å². The first-order chi connectivity index (χ1) is 11.3. The number of nitrogens with zero attached hydrogens (tertiary/aromatic N) is 1. The lowest BCUT2D eigenvalue weighted by Gasteiger charge is -2.16. The van der Waals surface area contributed by atoms with E-state index in [9.17, 15) is 19.2 Å². The van der Waals surface area contributed by atoms with Crippen LogP contribution in [0.2, 0.25) is 0 Å². The van der Waals surface area contributed by atoms with Gasteiger partial charge in [0.15, 0.2) is 0 Å². The summed E-state index contributed by atoms with van der Waals surface area (Å²) < 4.78 is 0. The van der Waals surface area contributed by atoms with Gasteiger partial charge in [0.2, 0.25) is 23.6 Å².